The average Bonchev–Trinajstić information content (AvgIpc) is 2.20. The van der Waals surface area contributed by atoms with Gasteiger partial charge in [0.2, 0.25) is 0 Å². The molecule has 0 spiro atoms. The quantitative estimate of drug-likeness (QED) is 0.389. The third-order valence-corrected chi connectivity index (χ3v) is 0.854. The number of nitrogens with two attached hydrogens (primary N) is 1. The molecule has 0 unspecified atom stereocenters. The molecule has 13 heavy (non-hydrogen) atoms. The van der Waals surface area contributed by atoms with E-state index >= 15 is 0 Å². The lowest BCUT2D eigenvalue weighted by atomic mass is 10.5. The van der Waals surface area contributed by atoms with Gasteiger partial charge in [0.15, 0.2) is 0 Å². The Bertz CT molecular complexity index is 68.6. The molecule has 4 heteroatoms. The summed E-state index contributed by atoms with van der Waals surface area (Å²) in [6.07, 6.45) is 2.37. The molecule has 0 aromatic carbocycles. The Morgan fingerprint density at radius 3 is 2.08 bits per heavy atom. The van der Waals surface area contributed by atoms with Crippen LogP contribution in [-0.4, -0.2) is 26.5 Å². The van der Waals surface area contributed by atoms with E-state index < -0.39 is 0 Å². The van der Waals surface area contributed by atoms with Gasteiger partial charge in [-0.3, -0.25) is 0 Å². The summed E-state index contributed by atoms with van der Waals surface area (Å²) in [7, 11) is 1.96. The van der Waals surface area contributed by atoms with Gasteiger partial charge in [0, 0.05) is 6.42 Å². The Morgan fingerprint density at radius 1 is 1.46 bits per heavy atom. The van der Waals surface area contributed by atoms with E-state index in [0.717, 1.165) is 12.8 Å². The number of carbonyl (C=O) groups is 1. The zero-order chi connectivity index (χ0) is 10.9. The number of rotatable bonds is 5. The normalized spacial score (nSPS) is 7.46. The minimum atomic E-state index is 0.323. The van der Waals surface area contributed by atoms with Crippen LogP contribution in [0, 0.1) is 0 Å². The summed E-state index contributed by atoms with van der Waals surface area (Å²) in [6.45, 7) is 7.61. The Labute approximate surface area is 81.8 Å². The van der Waals surface area contributed by atoms with Gasteiger partial charge in [0.25, 0.3) is 0 Å². The Morgan fingerprint density at radius 2 is 2.00 bits per heavy atom. The monoisotopic (exact) mass is 192 g/mol. The second-order valence-corrected chi connectivity index (χ2v) is 1.93. The predicted molar refractivity (Wildman–Crippen MR) is 56.4 cm³/mol. The van der Waals surface area contributed by atoms with Crippen molar-refractivity contribution in [2.45, 2.75) is 33.6 Å². The van der Waals surface area contributed by atoms with Crippen molar-refractivity contribution in [1.29, 1.82) is 0 Å². The molecule has 0 fully saturated rings. The summed E-state index contributed by atoms with van der Waals surface area (Å²) in [5, 5.41) is 3.02. The molecule has 0 aliphatic rings. The molecule has 82 valence electrons. The highest BCUT2D eigenvalue weighted by molar-refractivity contribution is 5.49. The molecule has 0 aliphatic carbocycles. The molecule has 0 saturated heterocycles. The SMILES string of the molecule is CC.CCCNC.NOCCC=O. The van der Waals surface area contributed by atoms with Crippen LogP contribution in [0.3, 0.4) is 0 Å². The highest BCUT2D eigenvalue weighted by Gasteiger charge is 1.74. The smallest absolute Gasteiger partial charge is 0.122 e. The number of aldehydes is 1. The molecule has 4 nitrogen and oxygen atoms in total. The standard InChI is InChI=1S/C4H11N.C3H7NO2.C2H6/c1-3-4-5-2;4-6-3-1-2-5;1-2/h5H,3-4H2,1-2H3;2H,1,3-4H2;1-2H3. The third kappa shape index (κ3) is 50.9. The van der Waals surface area contributed by atoms with E-state index in [-0.39, 0.29) is 0 Å². The average molecular weight is 192 g/mol. The lowest BCUT2D eigenvalue weighted by molar-refractivity contribution is -0.108. The van der Waals surface area contributed by atoms with E-state index in [9.17, 15) is 4.79 Å². The van der Waals surface area contributed by atoms with Gasteiger partial charge in [0.1, 0.15) is 6.29 Å². The van der Waals surface area contributed by atoms with Crippen molar-refractivity contribution in [2.75, 3.05) is 20.2 Å². The van der Waals surface area contributed by atoms with Crippen molar-refractivity contribution in [1.82, 2.24) is 5.32 Å². The second-order valence-electron chi connectivity index (χ2n) is 1.93. The van der Waals surface area contributed by atoms with Crippen molar-refractivity contribution >= 4 is 6.29 Å². The van der Waals surface area contributed by atoms with Gasteiger partial charge in [-0.15, -0.1) is 0 Å². The first-order chi connectivity index (χ1) is 6.33. The molecule has 0 radical (unpaired) electrons. The molecule has 0 amide bonds. The van der Waals surface area contributed by atoms with E-state index in [1.807, 2.05) is 20.9 Å². The topological polar surface area (TPSA) is 64.3 Å². The Balaban J connectivity index is -0.000000131. The van der Waals surface area contributed by atoms with Crippen LogP contribution in [0.2, 0.25) is 0 Å². The van der Waals surface area contributed by atoms with Gasteiger partial charge < -0.3 is 14.9 Å². The van der Waals surface area contributed by atoms with Crippen molar-refractivity contribution < 1.29 is 9.63 Å². The van der Waals surface area contributed by atoms with Crippen LogP contribution in [0.1, 0.15) is 33.6 Å². The van der Waals surface area contributed by atoms with E-state index in [2.05, 4.69) is 23.0 Å². The van der Waals surface area contributed by atoms with E-state index in [1.165, 1.54) is 6.42 Å². The Kier molecular flexibility index (Phi) is 42.3. The third-order valence-electron chi connectivity index (χ3n) is 0.854. The Hall–Kier alpha value is -0.450. The van der Waals surface area contributed by atoms with E-state index in [0.29, 0.717) is 13.0 Å². The molecular formula is C9H24N2O2. The summed E-state index contributed by atoms with van der Waals surface area (Å²) in [4.78, 5) is 13.5. The molecule has 0 saturated carbocycles. The lowest BCUT2D eigenvalue weighted by Crippen LogP contribution is -2.04. The predicted octanol–water partition coefficient (Wildman–Crippen LogP) is 1.11. The molecule has 0 aromatic heterocycles. The van der Waals surface area contributed by atoms with Gasteiger partial charge in [0.05, 0.1) is 6.61 Å². The lowest BCUT2D eigenvalue weighted by Gasteiger charge is -1.84. The second kappa shape index (κ2) is 30.0. The molecule has 0 heterocycles. The van der Waals surface area contributed by atoms with Gasteiger partial charge >= 0.3 is 0 Å². The van der Waals surface area contributed by atoms with Crippen LogP contribution in [0.5, 0.6) is 0 Å². The highest BCUT2D eigenvalue weighted by Crippen LogP contribution is 1.65. The zero-order valence-electron chi connectivity index (χ0n) is 9.30. The van der Waals surface area contributed by atoms with Crippen LogP contribution in [0.25, 0.3) is 0 Å². The summed E-state index contributed by atoms with van der Waals surface area (Å²) < 4.78 is 0. The van der Waals surface area contributed by atoms with Gasteiger partial charge in [-0.1, -0.05) is 20.8 Å². The number of hydrogen-bond donors (Lipinski definition) is 2. The maximum absolute atomic E-state index is 9.43. The van der Waals surface area contributed by atoms with Crippen molar-refractivity contribution in [2.24, 2.45) is 5.90 Å². The first kappa shape index (κ1) is 18.4. The molecule has 0 atom stereocenters. The molecule has 0 aliphatic heterocycles. The fourth-order valence-corrected chi connectivity index (χ4v) is 0.366. The van der Waals surface area contributed by atoms with Crippen LogP contribution < -0.4 is 11.2 Å². The maximum Gasteiger partial charge on any atom is 0.122 e. The molecule has 0 aromatic rings. The number of nitrogens with one attached hydrogen (secondary N) is 1. The first-order valence-corrected chi connectivity index (χ1v) is 4.73. The molecule has 0 bridgehead atoms. The first-order valence-electron chi connectivity index (χ1n) is 4.73. The largest absolute Gasteiger partial charge is 0.320 e. The summed E-state index contributed by atoms with van der Waals surface area (Å²) >= 11 is 0. The molecular weight excluding hydrogens is 168 g/mol. The zero-order valence-corrected chi connectivity index (χ0v) is 9.30. The summed E-state index contributed by atoms with van der Waals surface area (Å²) in [6, 6.07) is 0. The van der Waals surface area contributed by atoms with Gasteiger partial charge in [-0.25, -0.2) is 5.90 Å². The van der Waals surface area contributed by atoms with Gasteiger partial charge in [-0.05, 0) is 20.0 Å². The highest BCUT2D eigenvalue weighted by atomic mass is 16.6. The summed E-state index contributed by atoms with van der Waals surface area (Å²) in [5.41, 5.74) is 0. The fourth-order valence-electron chi connectivity index (χ4n) is 0.366. The van der Waals surface area contributed by atoms with Crippen LogP contribution >= 0.6 is 0 Å². The van der Waals surface area contributed by atoms with Crippen LogP contribution in [0.15, 0.2) is 0 Å². The van der Waals surface area contributed by atoms with Crippen molar-refractivity contribution in [3.63, 3.8) is 0 Å². The molecule has 0 rings (SSSR count). The van der Waals surface area contributed by atoms with Crippen molar-refractivity contribution in [3.8, 4) is 0 Å². The minimum absolute atomic E-state index is 0.323. The maximum atomic E-state index is 9.43. The van der Waals surface area contributed by atoms with Crippen molar-refractivity contribution in [3.05, 3.63) is 0 Å². The summed E-state index contributed by atoms with van der Waals surface area (Å²) in [5.74, 6) is 4.56. The van der Waals surface area contributed by atoms with Gasteiger partial charge in [-0.2, -0.15) is 0 Å². The molecule has 3 N–H and O–H groups in total. The van der Waals surface area contributed by atoms with E-state index in [4.69, 9.17) is 0 Å². The number of carbonyl (C=O) groups excluding carboxylic acids is 1. The van der Waals surface area contributed by atoms with Crippen LogP contribution in [-0.2, 0) is 9.63 Å². The minimum Gasteiger partial charge on any atom is -0.320 e. The van der Waals surface area contributed by atoms with E-state index in [1.54, 1.807) is 0 Å². The van der Waals surface area contributed by atoms with Crippen LogP contribution in [0.4, 0.5) is 0 Å². The fraction of sp³-hybridized carbons (Fsp3) is 0.889. The number of hydrogen-bond acceptors (Lipinski definition) is 4.